The number of aromatic nitrogens is 1. The second kappa shape index (κ2) is 6.74. The molecule has 0 unspecified atom stereocenters. The van der Waals surface area contributed by atoms with Crippen LogP contribution in [0.5, 0.6) is 0 Å². The van der Waals surface area contributed by atoms with Crippen LogP contribution in [0.25, 0.3) is 10.9 Å². The zero-order valence-electron chi connectivity index (χ0n) is 13.9. The van der Waals surface area contributed by atoms with Crippen molar-refractivity contribution < 1.29 is 4.39 Å². The molecule has 0 spiro atoms. The Labute approximate surface area is 140 Å². The van der Waals surface area contributed by atoms with Crippen LogP contribution in [0.2, 0.25) is 0 Å². The fraction of sp³-hybridized carbons (Fsp3) is 0.211. The number of nitrogens with zero attached hydrogens (tertiary/aromatic N) is 1. The van der Waals surface area contributed by atoms with Crippen LogP contribution in [-0.4, -0.2) is 17.5 Å². The van der Waals surface area contributed by atoms with Gasteiger partial charge in [0.1, 0.15) is 5.82 Å². The number of rotatable bonds is 4. The first-order valence-electron chi connectivity index (χ1n) is 7.92. The molecule has 0 fully saturated rings. The number of hydrogen-bond acceptors (Lipinski definition) is 1. The zero-order valence-corrected chi connectivity index (χ0v) is 13.9. The molecule has 0 saturated carbocycles. The van der Waals surface area contributed by atoms with Crippen molar-refractivity contribution in [2.45, 2.75) is 20.3 Å². The van der Waals surface area contributed by atoms with Gasteiger partial charge >= 0.3 is 0 Å². The minimum atomic E-state index is -0.240. The Hall–Kier alpha value is -2.82. The van der Waals surface area contributed by atoms with E-state index < -0.39 is 0 Å². The lowest BCUT2D eigenvalue weighted by atomic mass is 10.1. The molecule has 0 bridgehead atoms. The molecule has 3 aromatic rings. The number of halogens is 1. The molecule has 0 aliphatic heterocycles. The Bertz CT molecular complexity index is 875. The first-order valence-corrected chi connectivity index (χ1v) is 7.92. The van der Waals surface area contributed by atoms with E-state index in [-0.39, 0.29) is 5.82 Å². The van der Waals surface area contributed by atoms with Crippen molar-refractivity contribution in [3.8, 4) is 0 Å². The van der Waals surface area contributed by atoms with Crippen LogP contribution in [0.4, 0.5) is 10.1 Å². The Morgan fingerprint density at radius 3 is 2.67 bits per heavy atom. The van der Waals surface area contributed by atoms with Gasteiger partial charge in [-0.25, -0.2) is 4.39 Å². The van der Waals surface area contributed by atoms with Crippen molar-refractivity contribution in [2.75, 3.05) is 11.9 Å². The van der Waals surface area contributed by atoms with Crippen molar-refractivity contribution in [3.63, 3.8) is 0 Å². The molecule has 5 heteroatoms. The first kappa shape index (κ1) is 16.1. The van der Waals surface area contributed by atoms with Crippen molar-refractivity contribution in [1.29, 1.82) is 0 Å². The van der Waals surface area contributed by atoms with E-state index >= 15 is 0 Å². The third-order valence-corrected chi connectivity index (χ3v) is 3.89. The molecule has 3 rings (SSSR count). The Balaban J connectivity index is 1.64. The lowest BCUT2D eigenvalue weighted by Gasteiger charge is -2.08. The average Bonchev–Trinajstić information content (AvgIpc) is 2.88. The number of guanidine groups is 1. The molecule has 0 amide bonds. The molecule has 2 aromatic carbocycles. The molecular formula is C19H21FN4. The maximum Gasteiger partial charge on any atom is 0.193 e. The van der Waals surface area contributed by atoms with Crippen LogP contribution in [0, 0.1) is 19.7 Å². The lowest BCUT2D eigenvalue weighted by Crippen LogP contribution is -2.23. The number of fused-ring (bicyclic) bond motifs is 1. The van der Waals surface area contributed by atoms with Crippen molar-refractivity contribution >= 4 is 22.5 Å². The highest BCUT2D eigenvalue weighted by molar-refractivity contribution is 5.92. The van der Waals surface area contributed by atoms with Gasteiger partial charge in [0, 0.05) is 29.3 Å². The zero-order chi connectivity index (χ0) is 17.1. The van der Waals surface area contributed by atoms with Gasteiger partial charge < -0.3 is 16.0 Å². The van der Waals surface area contributed by atoms with Crippen LogP contribution >= 0.6 is 0 Å². The largest absolute Gasteiger partial charge is 0.370 e. The fourth-order valence-electron chi connectivity index (χ4n) is 2.90. The molecule has 124 valence electrons. The summed E-state index contributed by atoms with van der Waals surface area (Å²) in [6.45, 7) is 4.66. The summed E-state index contributed by atoms with van der Waals surface area (Å²) < 4.78 is 13.2. The maximum atomic E-state index is 13.2. The summed E-state index contributed by atoms with van der Waals surface area (Å²) in [7, 11) is 0. The summed E-state index contributed by atoms with van der Waals surface area (Å²) in [5.41, 5.74) is 11.2. The fourth-order valence-corrected chi connectivity index (χ4v) is 2.90. The van der Waals surface area contributed by atoms with Crippen molar-refractivity contribution in [3.05, 3.63) is 65.1 Å². The monoisotopic (exact) mass is 324 g/mol. The van der Waals surface area contributed by atoms with E-state index in [1.807, 2.05) is 32.2 Å². The van der Waals surface area contributed by atoms with Crippen LogP contribution in [0.3, 0.4) is 0 Å². The molecule has 4 nitrogen and oxygen atoms in total. The molecule has 0 saturated heterocycles. The van der Waals surface area contributed by atoms with E-state index in [2.05, 4.69) is 21.4 Å². The van der Waals surface area contributed by atoms with Gasteiger partial charge in [-0.05, 0) is 67.3 Å². The second-order valence-electron chi connectivity index (χ2n) is 6.02. The number of nitrogens with one attached hydrogen (secondary N) is 2. The van der Waals surface area contributed by atoms with E-state index in [0.29, 0.717) is 12.5 Å². The van der Waals surface area contributed by atoms with E-state index in [1.54, 1.807) is 6.07 Å². The minimum Gasteiger partial charge on any atom is -0.370 e. The minimum absolute atomic E-state index is 0.240. The smallest absolute Gasteiger partial charge is 0.193 e. The third-order valence-electron chi connectivity index (χ3n) is 3.89. The second-order valence-corrected chi connectivity index (χ2v) is 6.02. The van der Waals surface area contributed by atoms with Gasteiger partial charge in [-0.3, -0.25) is 4.99 Å². The lowest BCUT2D eigenvalue weighted by molar-refractivity contribution is 0.629. The number of aromatic amines is 1. The molecule has 1 heterocycles. The highest BCUT2D eigenvalue weighted by atomic mass is 19.1. The highest BCUT2D eigenvalue weighted by Gasteiger charge is 2.04. The average molecular weight is 324 g/mol. The SMILES string of the molecule is Cc1cc(C)cc(NC(N)=NCCc2c[nH]c3cc(F)ccc23)c1. The van der Waals surface area contributed by atoms with Gasteiger partial charge in [0.15, 0.2) is 5.96 Å². The van der Waals surface area contributed by atoms with Gasteiger partial charge in [0.05, 0.1) is 0 Å². The van der Waals surface area contributed by atoms with E-state index in [1.165, 1.54) is 23.3 Å². The van der Waals surface area contributed by atoms with E-state index in [0.717, 1.165) is 28.6 Å². The number of nitrogens with two attached hydrogens (primary N) is 1. The summed E-state index contributed by atoms with van der Waals surface area (Å²) in [5.74, 6) is 0.154. The van der Waals surface area contributed by atoms with Crippen LogP contribution < -0.4 is 11.1 Å². The molecule has 0 atom stereocenters. The number of aryl methyl sites for hydroxylation is 2. The number of anilines is 1. The Morgan fingerprint density at radius 1 is 1.17 bits per heavy atom. The van der Waals surface area contributed by atoms with E-state index in [4.69, 9.17) is 5.73 Å². The van der Waals surface area contributed by atoms with Gasteiger partial charge in [-0.2, -0.15) is 0 Å². The molecular weight excluding hydrogens is 303 g/mol. The molecule has 4 N–H and O–H groups in total. The molecule has 1 aromatic heterocycles. The Kier molecular flexibility index (Phi) is 4.51. The third kappa shape index (κ3) is 3.74. The molecule has 0 aliphatic rings. The van der Waals surface area contributed by atoms with Gasteiger partial charge in [-0.15, -0.1) is 0 Å². The van der Waals surface area contributed by atoms with Crippen molar-refractivity contribution in [1.82, 2.24) is 4.98 Å². The topological polar surface area (TPSA) is 66.2 Å². The van der Waals surface area contributed by atoms with Crippen molar-refractivity contribution in [2.24, 2.45) is 10.7 Å². The van der Waals surface area contributed by atoms with Gasteiger partial charge in [-0.1, -0.05) is 6.07 Å². The summed E-state index contributed by atoms with van der Waals surface area (Å²) in [5, 5.41) is 4.14. The Morgan fingerprint density at radius 2 is 1.92 bits per heavy atom. The quantitative estimate of drug-likeness (QED) is 0.503. The summed E-state index contributed by atoms with van der Waals surface area (Å²) in [4.78, 5) is 7.46. The predicted octanol–water partition coefficient (Wildman–Crippen LogP) is 3.89. The van der Waals surface area contributed by atoms with Gasteiger partial charge in [0.25, 0.3) is 0 Å². The molecule has 24 heavy (non-hydrogen) atoms. The number of H-pyrrole nitrogens is 1. The number of aliphatic imine (C=N–C) groups is 1. The normalized spacial score (nSPS) is 11.9. The standard InChI is InChI=1S/C19H21FN4/c1-12-7-13(2)9-16(8-12)24-19(21)22-6-5-14-11-23-18-10-15(20)3-4-17(14)18/h3-4,7-11,23H,5-6H2,1-2H3,(H3,21,22,24). The summed E-state index contributed by atoms with van der Waals surface area (Å²) in [6.07, 6.45) is 2.63. The predicted molar refractivity (Wildman–Crippen MR) is 98.0 cm³/mol. The first-order chi connectivity index (χ1) is 11.5. The molecule has 0 aliphatic carbocycles. The number of benzene rings is 2. The number of hydrogen-bond donors (Lipinski definition) is 3. The molecule has 0 radical (unpaired) electrons. The highest BCUT2D eigenvalue weighted by Crippen LogP contribution is 2.19. The van der Waals surface area contributed by atoms with Crippen LogP contribution in [0.15, 0.2) is 47.6 Å². The van der Waals surface area contributed by atoms with Gasteiger partial charge in [0.2, 0.25) is 0 Å². The summed E-state index contributed by atoms with van der Waals surface area (Å²) in [6, 6.07) is 10.9. The van der Waals surface area contributed by atoms with E-state index in [9.17, 15) is 4.39 Å². The van der Waals surface area contributed by atoms with Crippen LogP contribution in [0.1, 0.15) is 16.7 Å². The maximum absolute atomic E-state index is 13.2. The van der Waals surface area contributed by atoms with Crippen LogP contribution in [-0.2, 0) is 6.42 Å². The summed E-state index contributed by atoms with van der Waals surface area (Å²) >= 11 is 0.